The van der Waals surface area contributed by atoms with Crippen LogP contribution in [-0.2, 0) is 4.79 Å². The third-order valence-corrected chi connectivity index (χ3v) is 7.21. The van der Waals surface area contributed by atoms with Gasteiger partial charge < -0.3 is 9.80 Å². The highest BCUT2D eigenvalue weighted by Gasteiger charge is 2.38. The minimum Gasteiger partial charge on any atom is -0.309 e. The largest absolute Gasteiger partial charge is 0.309 e. The fourth-order valence-corrected chi connectivity index (χ4v) is 5.30. The predicted molar refractivity (Wildman–Crippen MR) is 150 cm³/mol. The van der Waals surface area contributed by atoms with Gasteiger partial charge in [0.2, 0.25) is 5.91 Å². The average Bonchev–Trinajstić information content (AvgIpc) is 2.93. The molecular formula is C31H35N3O4. The summed E-state index contributed by atoms with van der Waals surface area (Å²) in [7, 11) is 0. The number of nitrogens with zero attached hydrogens (tertiary/aromatic N) is 3. The molecule has 7 nitrogen and oxygen atoms in total. The smallest absolute Gasteiger partial charge is 0.269 e. The van der Waals surface area contributed by atoms with Crippen LogP contribution in [0.2, 0.25) is 0 Å². The van der Waals surface area contributed by atoms with Crippen molar-refractivity contribution < 1.29 is 14.5 Å². The molecule has 7 heteroatoms. The zero-order valence-electron chi connectivity index (χ0n) is 22.1. The number of hydrogen-bond donors (Lipinski definition) is 0. The second kappa shape index (κ2) is 12.5. The molecule has 1 aliphatic heterocycles. The van der Waals surface area contributed by atoms with Gasteiger partial charge in [-0.1, -0.05) is 69.0 Å². The first-order chi connectivity index (χ1) is 18.4. The molecule has 4 rings (SSSR count). The summed E-state index contributed by atoms with van der Waals surface area (Å²) in [6.45, 7) is 4.22. The number of carbonyl (C=O) groups is 2. The van der Waals surface area contributed by atoms with Crippen LogP contribution < -0.4 is 9.80 Å². The molecule has 0 bridgehead atoms. The highest BCUT2D eigenvalue weighted by Crippen LogP contribution is 2.43. The van der Waals surface area contributed by atoms with E-state index in [2.05, 4.69) is 6.92 Å². The lowest BCUT2D eigenvalue weighted by atomic mass is 9.89. The molecule has 0 aliphatic carbocycles. The summed E-state index contributed by atoms with van der Waals surface area (Å²) in [4.78, 5) is 41.7. The molecule has 2 atom stereocenters. The Labute approximate surface area is 224 Å². The summed E-state index contributed by atoms with van der Waals surface area (Å²) in [6, 6.07) is 22.6. The van der Waals surface area contributed by atoms with E-state index in [1.165, 1.54) is 37.1 Å². The lowest BCUT2D eigenvalue weighted by molar-refractivity contribution is -0.384. The molecule has 0 unspecified atom stereocenters. The Hall–Kier alpha value is -4.00. The minimum absolute atomic E-state index is 0.0618. The Bertz CT molecular complexity index is 1260. The van der Waals surface area contributed by atoms with E-state index in [9.17, 15) is 19.7 Å². The van der Waals surface area contributed by atoms with Crippen molar-refractivity contribution in [3.8, 4) is 0 Å². The Morgan fingerprint density at radius 3 is 2.26 bits per heavy atom. The van der Waals surface area contributed by atoms with Gasteiger partial charge in [0.1, 0.15) is 0 Å². The second-order valence-electron chi connectivity index (χ2n) is 9.90. The molecule has 0 saturated carbocycles. The van der Waals surface area contributed by atoms with Crippen LogP contribution in [0.4, 0.5) is 17.1 Å². The van der Waals surface area contributed by atoms with Crippen molar-refractivity contribution in [1.29, 1.82) is 0 Å². The Balaban J connectivity index is 1.68. The first kappa shape index (κ1) is 27.0. The standard InChI is InChI=1S/C31H35N3O4/c1-3-4-5-6-10-17-30(35)32-23(2)22-29(27-15-11-12-16-28(27)32)33(25-13-8-7-9-14-25)31(36)24-18-20-26(21-19-24)34(37)38/h7-9,11-16,18-21,23,29H,3-6,10,17,22H2,1-2H3/t23-,29+/m1/s1. The van der Waals surface area contributed by atoms with Crippen LogP contribution in [0, 0.1) is 10.1 Å². The van der Waals surface area contributed by atoms with Gasteiger partial charge in [0.05, 0.1) is 11.0 Å². The van der Waals surface area contributed by atoms with Gasteiger partial charge in [0.25, 0.3) is 11.6 Å². The van der Waals surface area contributed by atoms with Crippen LogP contribution in [-0.4, -0.2) is 22.8 Å². The van der Waals surface area contributed by atoms with E-state index in [0.29, 0.717) is 18.4 Å². The molecule has 0 spiro atoms. The van der Waals surface area contributed by atoms with E-state index >= 15 is 0 Å². The maximum Gasteiger partial charge on any atom is 0.269 e. The summed E-state index contributed by atoms with van der Waals surface area (Å²) >= 11 is 0. The van der Waals surface area contributed by atoms with Crippen LogP contribution in [0.15, 0.2) is 78.9 Å². The predicted octanol–water partition coefficient (Wildman–Crippen LogP) is 7.47. The quantitative estimate of drug-likeness (QED) is 0.160. The van der Waals surface area contributed by atoms with E-state index in [4.69, 9.17) is 0 Å². The van der Waals surface area contributed by atoms with Crippen LogP contribution in [0.5, 0.6) is 0 Å². The number of rotatable bonds is 10. The fraction of sp³-hybridized carbons (Fsp3) is 0.355. The number of carbonyl (C=O) groups excluding carboxylic acids is 2. The molecule has 198 valence electrons. The van der Waals surface area contributed by atoms with Crippen molar-refractivity contribution in [3.63, 3.8) is 0 Å². The number of nitro groups is 1. The van der Waals surface area contributed by atoms with Gasteiger partial charge in [-0.05, 0) is 55.7 Å². The number of benzene rings is 3. The van der Waals surface area contributed by atoms with Crippen LogP contribution in [0.3, 0.4) is 0 Å². The Morgan fingerprint density at radius 2 is 1.58 bits per heavy atom. The first-order valence-electron chi connectivity index (χ1n) is 13.5. The number of amides is 2. The fourth-order valence-electron chi connectivity index (χ4n) is 5.30. The van der Waals surface area contributed by atoms with Gasteiger partial charge in [0.15, 0.2) is 0 Å². The molecule has 2 amide bonds. The van der Waals surface area contributed by atoms with Crippen molar-refractivity contribution in [2.24, 2.45) is 0 Å². The number of para-hydroxylation sites is 2. The molecular weight excluding hydrogens is 478 g/mol. The van der Waals surface area contributed by atoms with Gasteiger partial charge in [-0.15, -0.1) is 0 Å². The number of nitro benzene ring substituents is 1. The number of anilines is 2. The number of hydrogen-bond acceptors (Lipinski definition) is 4. The lowest BCUT2D eigenvalue weighted by Gasteiger charge is -2.43. The molecule has 0 aromatic heterocycles. The van der Waals surface area contributed by atoms with Gasteiger partial charge in [0, 0.05) is 41.5 Å². The summed E-state index contributed by atoms with van der Waals surface area (Å²) in [5.74, 6) is -0.123. The van der Waals surface area contributed by atoms with Crippen molar-refractivity contribution in [1.82, 2.24) is 0 Å². The van der Waals surface area contributed by atoms with Gasteiger partial charge >= 0.3 is 0 Å². The van der Waals surface area contributed by atoms with E-state index < -0.39 is 4.92 Å². The maximum absolute atomic E-state index is 14.0. The van der Waals surface area contributed by atoms with E-state index in [-0.39, 0.29) is 29.6 Å². The minimum atomic E-state index is -0.475. The lowest BCUT2D eigenvalue weighted by Crippen LogP contribution is -2.47. The topological polar surface area (TPSA) is 83.8 Å². The van der Waals surface area contributed by atoms with E-state index in [1.54, 1.807) is 4.90 Å². The second-order valence-corrected chi connectivity index (χ2v) is 9.90. The summed E-state index contributed by atoms with van der Waals surface area (Å²) in [6.07, 6.45) is 6.53. The summed E-state index contributed by atoms with van der Waals surface area (Å²) in [5.41, 5.74) is 2.80. The zero-order valence-corrected chi connectivity index (χ0v) is 22.1. The molecule has 3 aromatic carbocycles. The van der Waals surface area contributed by atoms with Gasteiger partial charge in [-0.2, -0.15) is 0 Å². The summed E-state index contributed by atoms with van der Waals surface area (Å²) < 4.78 is 0. The van der Waals surface area contributed by atoms with Crippen molar-refractivity contribution in [3.05, 3.63) is 100 Å². The molecule has 3 aromatic rings. The number of non-ortho nitro benzene ring substituents is 1. The zero-order chi connectivity index (χ0) is 27.1. The van der Waals surface area contributed by atoms with Gasteiger partial charge in [-0.25, -0.2) is 0 Å². The first-order valence-corrected chi connectivity index (χ1v) is 13.5. The molecule has 1 heterocycles. The molecule has 0 saturated heterocycles. The third kappa shape index (κ3) is 5.93. The molecule has 1 aliphatic rings. The van der Waals surface area contributed by atoms with Gasteiger partial charge in [-0.3, -0.25) is 19.7 Å². The Kier molecular flexibility index (Phi) is 8.89. The highest BCUT2D eigenvalue weighted by atomic mass is 16.6. The van der Waals surface area contributed by atoms with E-state index in [1.807, 2.05) is 66.4 Å². The highest BCUT2D eigenvalue weighted by molar-refractivity contribution is 6.07. The third-order valence-electron chi connectivity index (χ3n) is 7.21. The molecule has 38 heavy (non-hydrogen) atoms. The summed E-state index contributed by atoms with van der Waals surface area (Å²) in [5, 5.41) is 11.1. The molecule has 0 radical (unpaired) electrons. The monoisotopic (exact) mass is 513 g/mol. The van der Waals surface area contributed by atoms with Crippen LogP contribution >= 0.6 is 0 Å². The maximum atomic E-state index is 14.0. The Morgan fingerprint density at radius 1 is 0.921 bits per heavy atom. The van der Waals surface area contributed by atoms with Crippen molar-refractivity contribution >= 4 is 28.9 Å². The molecule has 0 fully saturated rings. The van der Waals surface area contributed by atoms with Crippen molar-refractivity contribution in [2.45, 2.75) is 70.9 Å². The normalized spacial score (nSPS) is 16.5. The molecule has 0 N–H and O–H groups in total. The van der Waals surface area contributed by atoms with Crippen LogP contribution in [0.1, 0.15) is 80.8 Å². The number of fused-ring (bicyclic) bond motifs is 1. The van der Waals surface area contributed by atoms with E-state index in [0.717, 1.165) is 36.2 Å². The number of unbranched alkanes of at least 4 members (excludes halogenated alkanes) is 4. The van der Waals surface area contributed by atoms with Crippen molar-refractivity contribution in [2.75, 3.05) is 9.80 Å². The average molecular weight is 514 g/mol. The SMILES string of the molecule is CCCCCCCC(=O)N1c2ccccc2[C@@H](N(C(=O)c2ccc([N+](=O)[O-])cc2)c2ccccc2)C[C@H]1C. The van der Waals surface area contributed by atoms with Crippen LogP contribution in [0.25, 0.3) is 0 Å².